The molecule has 0 radical (unpaired) electrons. The predicted molar refractivity (Wildman–Crippen MR) is 85.7 cm³/mol. The van der Waals surface area contributed by atoms with Crippen LogP contribution in [-0.4, -0.2) is 26.5 Å². The van der Waals surface area contributed by atoms with Crippen molar-refractivity contribution < 1.29 is 13.0 Å². The number of hydrogen-bond donors (Lipinski definition) is 1. The molecule has 0 aliphatic rings. The maximum atomic E-state index is 13.4. The van der Waals surface area contributed by atoms with Crippen molar-refractivity contribution in [2.75, 3.05) is 17.6 Å². The third-order valence-corrected chi connectivity index (χ3v) is 4.64. The fourth-order valence-electron chi connectivity index (χ4n) is 2.14. The maximum Gasteiger partial charge on any atom is 0.161 e. The summed E-state index contributed by atoms with van der Waals surface area (Å²) in [6.45, 7) is 0.382. The highest BCUT2D eigenvalue weighted by molar-refractivity contribution is 7.85. The summed E-state index contributed by atoms with van der Waals surface area (Å²) in [4.78, 5) is 8.70. The standard InChI is InChI=1S/C16H13F2N3OS/c17-13-8-12-15(9-14(13)18)20-10-21-16(12)19-6-7-23(22)11-4-2-1-3-5-11/h1-5,8-10H,6-7H2,(H,19,20,21)/t23-/m1/s1. The molecular weight excluding hydrogens is 320 g/mol. The largest absolute Gasteiger partial charge is 0.369 e. The molecule has 0 spiro atoms. The number of rotatable bonds is 5. The first-order valence-corrected chi connectivity index (χ1v) is 8.24. The molecule has 0 aliphatic heterocycles. The van der Waals surface area contributed by atoms with Crippen molar-refractivity contribution in [1.29, 1.82) is 0 Å². The molecule has 0 aliphatic carbocycles. The zero-order valence-corrected chi connectivity index (χ0v) is 12.8. The van der Waals surface area contributed by atoms with Crippen LogP contribution in [0, 0.1) is 11.6 Å². The first kappa shape index (κ1) is 15.5. The summed E-state index contributed by atoms with van der Waals surface area (Å²) in [6, 6.07) is 11.2. The number of nitrogens with one attached hydrogen (secondary N) is 1. The number of benzene rings is 2. The van der Waals surface area contributed by atoms with Crippen LogP contribution in [0.15, 0.2) is 53.7 Å². The number of fused-ring (bicyclic) bond motifs is 1. The van der Waals surface area contributed by atoms with Crippen LogP contribution in [0.1, 0.15) is 0 Å². The van der Waals surface area contributed by atoms with E-state index in [9.17, 15) is 13.0 Å². The van der Waals surface area contributed by atoms with Crippen molar-refractivity contribution in [2.24, 2.45) is 0 Å². The summed E-state index contributed by atoms with van der Waals surface area (Å²) >= 11 is 0. The van der Waals surface area contributed by atoms with Gasteiger partial charge in [-0.2, -0.15) is 0 Å². The minimum absolute atomic E-state index is 0.311. The lowest BCUT2D eigenvalue weighted by atomic mass is 10.2. The molecule has 1 N–H and O–H groups in total. The van der Waals surface area contributed by atoms with E-state index in [4.69, 9.17) is 0 Å². The minimum Gasteiger partial charge on any atom is -0.369 e. The van der Waals surface area contributed by atoms with Gasteiger partial charge in [0.1, 0.15) is 12.1 Å². The van der Waals surface area contributed by atoms with Gasteiger partial charge in [-0.05, 0) is 18.2 Å². The van der Waals surface area contributed by atoms with E-state index in [-0.39, 0.29) is 0 Å². The minimum atomic E-state index is -1.14. The van der Waals surface area contributed by atoms with Crippen molar-refractivity contribution in [3.8, 4) is 0 Å². The molecular formula is C16H13F2N3OS. The highest BCUT2D eigenvalue weighted by Gasteiger charge is 2.10. The van der Waals surface area contributed by atoms with Gasteiger partial charge in [-0.25, -0.2) is 18.7 Å². The van der Waals surface area contributed by atoms with Gasteiger partial charge in [-0.15, -0.1) is 0 Å². The van der Waals surface area contributed by atoms with E-state index in [0.717, 1.165) is 17.0 Å². The molecule has 1 atom stereocenters. The molecule has 7 heteroatoms. The number of anilines is 1. The second kappa shape index (κ2) is 6.78. The van der Waals surface area contributed by atoms with Gasteiger partial charge < -0.3 is 5.32 Å². The normalized spacial score (nSPS) is 12.3. The van der Waals surface area contributed by atoms with Gasteiger partial charge in [0.25, 0.3) is 0 Å². The molecule has 0 saturated carbocycles. The number of halogens is 2. The fraction of sp³-hybridized carbons (Fsp3) is 0.125. The van der Waals surface area contributed by atoms with Crippen molar-refractivity contribution in [2.45, 2.75) is 4.90 Å². The average Bonchev–Trinajstić information content (AvgIpc) is 2.57. The van der Waals surface area contributed by atoms with E-state index in [0.29, 0.717) is 29.0 Å². The molecule has 3 rings (SSSR count). The zero-order chi connectivity index (χ0) is 16.2. The Morgan fingerprint density at radius 2 is 1.78 bits per heavy atom. The molecule has 3 aromatic rings. The molecule has 23 heavy (non-hydrogen) atoms. The Bertz CT molecular complexity index is 859. The van der Waals surface area contributed by atoms with Gasteiger partial charge in [-0.1, -0.05) is 18.2 Å². The van der Waals surface area contributed by atoms with Crippen LogP contribution < -0.4 is 5.32 Å². The summed E-state index contributed by atoms with van der Waals surface area (Å²) in [6.07, 6.45) is 1.27. The van der Waals surface area contributed by atoms with Crippen LogP contribution in [0.2, 0.25) is 0 Å². The Morgan fingerprint density at radius 1 is 1.04 bits per heavy atom. The quantitative estimate of drug-likeness (QED) is 0.779. The van der Waals surface area contributed by atoms with E-state index >= 15 is 0 Å². The van der Waals surface area contributed by atoms with Crippen molar-refractivity contribution in [1.82, 2.24) is 9.97 Å². The van der Waals surface area contributed by atoms with Crippen LogP contribution in [0.5, 0.6) is 0 Å². The van der Waals surface area contributed by atoms with Crippen molar-refractivity contribution >= 4 is 27.5 Å². The second-order valence-electron chi connectivity index (χ2n) is 4.80. The van der Waals surface area contributed by atoms with Crippen LogP contribution in [0.25, 0.3) is 10.9 Å². The predicted octanol–water partition coefficient (Wildman–Crippen LogP) is 3.13. The topological polar surface area (TPSA) is 54.9 Å². The van der Waals surface area contributed by atoms with Gasteiger partial charge >= 0.3 is 0 Å². The summed E-state index contributed by atoms with van der Waals surface area (Å²) in [5.41, 5.74) is 0.311. The van der Waals surface area contributed by atoms with Crippen molar-refractivity contribution in [3.05, 3.63) is 60.4 Å². The van der Waals surface area contributed by atoms with E-state index in [1.807, 2.05) is 18.2 Å². The third kappa shape index (κ3) is 3.50. The van der Waals surface area contributed by atoms with Gasteiger partial charge in [-0.3, -0.25) is 4.21 Å². The Balaban J connectivity index is 1.72. The fourth-order valence-corrected chi connectivity index (χ4v) is 3.13. The van der Waals surface area contributed by atoms with Gasteiger partial charge in [0.2, 0.25) is 0 Å². The first-order chi connectivity index (χ1) is 11.1. The zero-order valence-electron chi connectivity index (χ0n) is 12.0. The molecule has 118 valence electrons. The van der Waals surface area contributed by atoms with E-state index < -0.39 is 22.4 Å². The Labute approximate surface area is 134 Å². The first-order valence-electron chi connectivity index (χ1n) is 6.92. The summed E-state index contributed by atoms with van der Waals surface area (Å²) in [5, 5.41) is 3.39. The molecule has 4 nitrogen and oxygen atoms in total. The highest BCUT2D eigenvalue weighted by Crippen LogP contribution is 2.22. The monoisotopic (exact) mass is 333 g/mol. The third-order valence-electron chi connectivity index (χ3n) is 3.26. The van der Waals surface area contributed by atoms with Gasteiger partial charge in [0.05, 0.1) is 16.3 Å². The number of aromatic nitrogens is 2. The van der Waals surface area contributed by atoms with Crippen molar-refractivity contribution in [3.63, 3.8) is 0 Å². The molecule has 1 aromatic heterocycles. The summed E-state index contributed by atoms with van der Waals surface area (Å²) < 4.78 is 38.7. The van der Waals surface area contributed by atoms with E-state index in [1.54, 1.807) is 12.1 Å². The average molecular weight is 333 g/mol. The molecule has 0 amide bonds. The van der Waals surface area contributed by atoms with Crippen LogP contribution in [0.4, 0.5) is 14.6 Å². The molecule has 1 heterocycles. The smallest absolute Gasteiger partial charge is 0.161 e. The van der Waals surface area contributed by atoms with Gasteiger partial charge in [0.15, 0.2) is 11.6 Å². The Kier molecular flexibility index (Phi) is 4.57. The van der Waals surface area contributed by atoms with Gasteiger partial charge in [0, 0.05) is 28.6 Å². The Morgan fingerprint density at radius 3 is 2.57 bits per heavy atom. The lowest BCUT2D eigenvalue weighted by Gasteiger charge is -2.08. The molecule has 0 saturated heterocycles. The number of hydrogen-bond acceptors (Lipinski definition) is 4. The van der Waals surface area contributed by atoms with E-state index in [1.165, 1.54) is 6.33 Å². The van der Waals surface area contributed by atoms with E-state index in [2.05, 4.69) is 15.3 Å². The lowest BCUT2D eigenvalue weighted by Crippen LogP contribution is -2.12. The van der Waals surface area contributed by atoms with Crippen LogP contribution >= 0.6 is 0 Å². The van der Waals surface area contributed by atoms with Crippen LogP contribution in [-0.2, 0) is 10.8 Å². The second-order valence-corrected chi connectivity index (χ2v) is 6.37. The summed E-state index contributed by atoms with van der Waals surface area (Å²) in [7, 11) is -1.14. The maximum absolute atomic E-state index is 13.4. The highest BCUT2D eigenvalue weighted by atomic mass is 32.2. The molecule has 0 bridgehead atoms. The Hall–Kier alpha value is -2.41. The molecule has 0 fully saturated rings. The molecule has 0 unspecified atom stereocenters. The number of nitrogens with zero attached hydrogens (tertiary/aromatic N) is 2. The molecule has 2 aromatic carbocycles. The van der Waals surface area contributed by atoms with Crippen LogP contribution in [0.3, 0.4) is 0 Å². The summed E-state index contributed by atoms with van der Waals surface area (Å²) in [5.74, 6) is -1.14. The lowest BCUT2D eigenvalue weighted by molar-refractivity contribution is 0.510. The SMILES string of the molecule is O=[S@](CCNc1ncnc2cc(F)c(F)cc12)c1ccccc1.